The lowest BCUT2D eigenvalue weighted by Gasteiger charge is -2.33. The summed E-state index contributed by atoms with van der Waals surface area (Å²) in [7, 11) is 0. The number of nitro benzene ring substituents is 1. The van der Waals surface area contributed by atoms with Crippen LogP contribution in [0.3, 0.4) is 0 Å². The van der Waals surface area contributed by atoms with Crippen LogP contribution in [0.2, 0.25) is 0 Å². The van der Waals surface area contributed by atoms with Crippen LogP contribution in [0.1, 0.15) is 16.5 Å². The van der Waals surface area contributed by atoms with Crippen LogP contribution in [0.15, 0.2) is 40.7 Å². The second-order valence-corrected chi connectivity index (χ2v) is 6.65. The van der Waals surface area contributed by atoms with Gasteiger partial charge in [-0.2, -0.15) is 0 Å². The first-order valence-electron chi connectivity index (χ1n) is 7.97. The molecular formula is C17H19N3O4S. The van der Waals surface area contributed by atoms with Gasteiger partial charge in [0, 0.05) is 41.9 Å². The SMILES string of the molecule is O=[N+]([O-])c1ccc(O)c(C=NC[C@H](c2cccs2)N2CCOCC2)c1. The average molecular weight is 361 g/mol. The lowest BCUT2D eigenvalue weighted by atomic mass is 10.1. The molecule has 1 saturated heterocycles. The molecule has 7 nitrogen and oxygen atoms in total. The Morgan fingerprint density at radius 1 is 1.40 bits per heavy atom. The topological polar surface area (TPSA) is 88.2 Å². The Bertz CT molecular complexity index is 742. The van der Waals surface area contributed by atoms with Crippen molar-refractivity contribution in [3.63, 3.8) is 0 Å². The van der Waals surface area contributed by atoms with Gasteiger partial charge in [0.1, 0.15) is 5.75 Å². The Morgan fingerprint density at radius 3 is 2.88 bits per heavy atom. The largest absolute Gasteiger partial charge is 0.507 e. The molecule has 1 aliphatic heterocycles. The summed E-state index contributed by atoms with van der Waals surface area (Å²) in [6, 6.07) is 8.16. The first-order valence-corrected chi connectivity index (χ1v) is 8.85. The van der Waals surface area contributed by atoms with Crippen molar-refractivity contribution >= 4 is 23.2 Å². The predicted molar refractivity (Wildman–Crippen MR) is 96.7 cm³/mol. The molecule has 1 fully saturated rings. The lowest BCUT2D eigenvalue weighted by Crippen LogP contribution is -2.39. The third-order valence-corrected chi connectivity index (χ3v) is 5.06. The molecule has 0 saturated carbocycles. The standard InChI is InChI=1S/C17H19N3O4S/c21-16-4-3-14(20(22)23)10-13(16)11-18-12-15(17-2-1-9-25-17)19-5-7-24-8-6-19/h1-4,9-11,15,21H,5-8,12H2/t15-/m1/s1. The van der Waals surface area contributed by atoms with Gasteiger partial charge in [0.15, 0.2) is 0 Å². The Kier molecular flexibility index (Phi) is 5.75. The van der Waals surface area contributed by atoms with Gasteiger partial charge < -0.3 is 9.84 Å². The van der Waals surface area contributed by atoms with Crippen LogP contribution in [-0.2, 0) is 4.74 Å². The second-order valence-electron chi connectivity index (χ2n) is 5.67. The minimum Gasteiger partial charge on any atom is -0.507 e. The highest BCUT2D eigenvalue weighted by atomic mass is 32.1. The quantitative estimate of drug-likeness (QED) is 0.485. The molecule has 1 aliphatic rings. The summed E-state index contributed by atoms with van der Waals surface area (Å²) in [4.78, 5) is 18.4. The summed E-state index contributed by atoms with van der Waals surface area (Å²) in [5.74, 6) is -0.0200. The van der Waals surface area contributed by atoms with Crippen LogP contribution in [-0.4, -0.2) is 54.0 Å². The van der Waals surface area contributed by atoms with E-state index in [9.17, 15) is 15.2 Å². The molecule has 0 spiro atoms. The van der Waals surface area contributed by atoms with E-state index < -0.39 is 4.92 Å². The minimum absolute atomic E-state index is 0.0200. The molecule has 2 heterocycles. The molecule has 25 heavy (non-hydrogen) atoms. The highest BCUT2D eigenvalue weighted by molar-refractivity contribution is 7.10. The summed E-state index contributed by atoms with van der Waals surface area (Å²) in [6.45, 7) is 3.62. The van der Waals surface area contributed by atoms with Crippen molar-refractivity contribution in [1.29, 1.82) is 0 Å². The molecule has 0 amide bonds. The lowest BCUT2D eigenvalue weighted by molar-refractivity contribution is -0.384. The monoisotopic (exact) mass is 361 g/mol. The molecule has 0 bridgehead atoms. The molecule has 0 unspecified atom stereocenters. The first kappa shape index (κ1) is 17.5. The van der Waals surface area contributed by atoms with Crippen molar-refractivity contribution in [3.8, 4) is 5.75 Å². The first-order chi connectivity index (χ1) is 12.1. The van der Waals surface area contributed by atoms with Crippen molar-refractivity contribution in [3.05, 3.63) is 56.3 Å². The Labute approximate surface area is 149 Å². The molecular weight excluding hydrogens is 342 g/mol. The van der Waals surface area contributed by atoms with Crippen LogP contribution < -0.4 is 0 Å². The molecule has 1 aromatic carbocycles. The number of hydrogen-bond donors (Lipinski definition) is 1. The number of ether oxygens (including phenoxy) is 1. The van der Waals surface area contributed by atoms with Crippen LogP contribution in [0.5, 0.6) is 5.75 Å². The Balaban J connectivity index is 1.75. The van der Waals surface area contributed by atoms with Gasteiger partial charge in [0.25, 0.3) is 5.69 Å². The maximum Gasteiger partial charge on any atom is 0.270 e. The summed E-state index contributed by atoms with van der Waals surface area (Å²) < 4.78 is 5.42. The van der Waals surface area contributed by atoms with Gasteiger partial charge in [-0.15, -0.1) is 11.3 Å². The van der Waals surface area contributed by atoms with Crippen molar-refractivity contribution in [2.24, 2.45) is 4.99 Å². The van der Waals surface area contributed by atoms with Crippen LogP contribution in [0.4, 0.5) is 5.69 Å². The van der Waals surface area contributed by atoms with Gasteiger partial charge in [0.2, 0.25) is 0 Å². The minimum atomic E-state index is -0.487. The van der Waals surface area contributed by atoms with E-state index in [0.29, 0.717) is 25.3 Å². The van der Waals surface area contributed by atoms with Crippen LogP contribution in [0, 0.1) is 10.1 Å². The zero-order valence-corrected chi connectivity index (χ0v) is 14.4. The van der Waals surface area contributed by atoms with Crippen molar-refractivity contribution in [1.82, 2.24) is 4.90 Å². The third kappa shape index (κ3) is 4.41. The number of rotatable bonds is 6. The van der Waals surface area contributed by atoms with Crippen LogP contribution >= 0.6 is 11.3 Å². The molecule has 0 radical (unpaired) electrons. The zero-order valence-electron chi connectivity index (χ0n) is 13.6. The number of aromatic hydroxyl groups is 1. The maximum absolute atomic E-state index is 10.9. The summed E-state index contributed by atoms with van der Waals surface area (Å²) >= 11 is 1.69. The van der Waals surface area contributed by atoms with Gasteiger partial charge >= 0.3 is 0 Å². The molecule has 8 heteroatoms. The normalized spacial score (nSPS) is 17.0. The average Bonchev–Trinajstić information content (AvgIpc) is 3.15. The van der Waals surface area contributed by atoms with E-state index >= 15 is 0 Å². The number of non-ortho nitro benzene ring substituents is 1. The number of morpholine rings is 1. The number of phenolic OH excluding ortho intramolecular Hbond substituents is 1. The van der Waals surface area contributed by atoms with Crippen LogP contribution in [0.25, 0.3) is 0 Å². The van der Waals surface area contributed by atoms with E-state index in [0.717, 1.165) is 13.1 Å². The highest BCUT2D eigenvalue weighted by Crippen LogP contribution is 2.27. The number of aliphatic imine (C=N–C) groups is 1. The Morgan fingerprint density at radius 2 is 2.20 bits per heavy atom. The number of thiophene rings is 1. The van der Waals surface area contributed by atoms with Crippen molar-refractivity contribution in [2.75, 3.05) is 32.8 Å². The molecule has 132 valence electrons. The number of phenols is 1. The van der Waals surface area contributed by atoms with E-state index in [4.69, 9.17) is 4.74 Å². The zero-order chi connectivity index (χ0) is 17.6. The molecule has 3 rings (SSSR count). The highest BCUT2D eigenvalue weighted by Gasteiger charge is 2.23. The summed E-state index contributed by atoms with van der Waals surface area (Å²) in [5, 5.41) is 22.8. The third-order valence-electron chi connectivity index (χ3n) is 4.09. The number of nitro groups is 1. The predicted octanol–water partition coefficient (Wildman–Crippen LogP) is 2.85. The van der Waals surface area contributed by atoms with Gasteiger partial charge in [0.05, 0.1) is 30.7 Å². The summed E-state index contributed by atoms with van der Waals surface area (Å²) in [6.07, 6.45) is 1.50. The van der Waals surface area contributed by atoms with Gasteiger partial charge in [-0.05, 0) is 17.5 Å². The fraction of sp³-hybridized carbons (Fsp3) is 0.353. The van der Waals surface area contributed by atoms with E-state index in [1.165, 1.54) is 29.3 Å². The molecule has 0 aliphatic carbocycles. The van der Waals surface area contributed by atoms with E-state index in [1.807, 2.05) is 11.4 Å². The van der Waals surface area contributed by atoms with E-state index in [1.54, 1.807) is 11.3 Å². The van der Waals surface area contributed by atoms with Crippen molar-refractivity contribution < 1.29 is 14.8 Å². The second kappa shape index (κ2) is 8.19. The molecule has 1 aromatic heterocycles. The Hall–Kier alpha value is -2.29. The van der Waals surface area contributed by atoms with Gasteiger partial charge in [-0.25, -0.2) is 0 Å². The smallest absolute Gasteiger partial charge is 0.270 e. The van der Waals surface area contributed by atoms with Crippen molar-refractivity contribution in [2.45, 2.75) is 6.04 Å². The van der Waals surface area contributed by atoms with E-state index in [2.05, 4.69) is 16.0 Å². The molecule has 1 atom stereocenters. The number of hydrogen-bond acceptors (Lipinski definition) is 7. The van der Waals surface area contributed by atoms with Gasteiger partial charge in [-0.3, -0.25) is 20.0 Å². The summed E-state index contributed by atoms with van der Waals surface area (Å²) in [5.41, 5.74) is 0.281. The molecule has 1 N–H and O–H groups in total. The number of benzene rings is 1. The molecule has 2 aromatic rings. The number of nitrogens with zero attached hydrogens (tertiary/aromatic N) is 3. The van der Waals surface area contributed by atoms with E-state index in [-0.39, 0.29) is 17.5 Å². The maximum atomic E-state index is 10.9. The van der Waals surface area contributed by atoms with Gasteiger partial charge in [-0.1, -0.05) is 6.07 Å². The fourth-order valence-corrected chi connectivity index (χ4v) is 3.62. The fourth-order valence-electron chi connectivity index (χ4n) is 2.77.